The van der Waals surface area contributed by atoms with Crippen molar-refractivity contribution in [3.05, 3.63) is 0 Å². The van der Waals surface area contributed by atoms with Crippen LogP contribution in [0.4, 0.5) is 0 Å². The highest BCUT2D eigenvalue weighted by molar-refractivity contribution is 5.63. The largest absolute Gasteiger partial charge is 0.550 e. The van der Waals surface area contributed by atoms with Gasteiger partial charge in [-0.05, 0) is 12.8 Å². The number of ether oxygens (including phenoxy) is 2. The maximum Gasteiger partial charge on any atom is 0.101 e. The van der Waals surface area contributed by atoms with E-state index >= 15 is 0 Å². The number of unbranched alkanes of at least 4 members (excludes halogenated alkanes) is 4. The average molecular weight is 291 g/mol. The Balaban J connectivity index is 0. The minimum absolute atomic E-state index is 0.226. The van der Waals surface area contributed by atoms with Crippen molar-refractivity contribution in [1.29, 1.82) is 0 Å². The Morgan fingerprint density at radius 3 is 1.90 bits per heavy atom. The molecule has 0 aromatic rings. The summed E-state index contributed by atoms with van der Waals surface area (Å²) in [7, 11) is 5.59. The monoisotopic (exact) mass is 291 g/mol. The van der Waals surface area contributed by atoms with E-state index < -0.39 is 5.97 Å². The summed E-state index contributed by atoms with van der Waals surface area (Å²) in [5, 5.41) is 9.92. The van der Waals surface area contributed by atoms with Crippen molar-refractivity contribution in [2.24, 2.45) is 0 Å². The van der Waals surface area contributed by atoms with E-state index in [1.165, 1.54) is 17.7 Å². The van der Waals surface area contributed by atoms with Crippen molar-refractivity contribution in [1.82, 2.24) is 0 Å². The van der Waals surface area contributed by atoms with Crippen LogP contribution < -0.4 is 10.0 Å². The molecule has 5 heteroatoms. The maximum atomic E-state index is 9.92. The molecule has 0 unspecified atom stereocenters. The van der Waals surface area contributed by atoms with Crippen LogP contribution in [0.1, 0.15) is 45.4 Å². The van der Waals surface area contributed by atoms with Crippen LogP contribution in [0.2, 0.25) is 0 Å². The second kappa shape index (κ2) is 18.4. The highest BCUT2D eigenvalue weighted by Gasteiger charge is 1.98. The molecule has 0 radical (unpaired) electrons. The molecule has 0 bridgehead atoms. The van der Waals surface area contributed by atoms with Gasteiger partial charge in [0.1, 0.15) is 13.1 Å². The standard InChI is InChI=1S/C8H16O2.C7H17NO2/c1-2-3-4-5-6-7-8(9)10;1-8(4-6-9-2)5-7-10-3/h2-7H2,1H3,(H,9,10);4-7H2,1-3H3. The van der Waals surface area contributed by atoms with E-state index in [0.29, 0.717) is 0 Å². The molecule has 0 aliphatic carbocycles. The average Bonchev–Trinajstić information content (AvgIpc) is 2.43. The molecule has 0 aliphatic heterocycles. The van der Waals surface area contributed by atoms with Gasteiger partial charge in [-0.15, -0.1) is 0 Å². The quantitative estimate of drug-likeness (QED) is 0.510. The lowest BCUT2D eigenvalue weighted by atomic mass is 10.1. The summed E-state index contributed by atoms with van der Waals surface area (Å²) in [5.41, 5.74) is 0. The Morgan fingerprint density at radius 2 is 1.50 bits per heavy atom. The molecule has 0 heterocycles. The van der Waals surface area contributed by atoms with Crippen LogP contribution >= 0.6 is 0 Å². The van der Waals surface area contributed by atoms with Crippen LogP contribution in [-0.2, 0) is 14.3 Å². The summed E-state index contributed by atoms with van der Waals surface area (Å²) in [5.74, 6) is -0.920. The number of hydrogen-bond donors (Lipinski definition) is 1. The van der Waals surface area contributed by atoms with Crippen molar-refractivity contribution in [2.45, 2.75) is 45.4 Å². The van der Waals surface area contributed by atoms with E-state index in [-0.39, 0.29) is 6.42 Å². The fraction of sp³-hybridized carbons (Fsp3) is 0.933. The van der Waals surface area contributed by atoms with E-state index in [1.54, 1.807) is 14.2 Å². The molecule has 1 N–H and O–H groups in total. The summed E-state index contributed by atoms with van der Waals surface area (Å²) in [6, 6.07) is 0. The number of aliphatic carboxylic acids is 1. The Labute approximate surface area is 124 Å². The van der Waals surface area contributed by atoms with Gasteiger partial charge in [0.25, 0.3) is 0 Å². The summed E-state index contributed by atoms with van der Waals surface area (Å²) >= 11 is 0. The lowest BCUT2D eigenvalue weighted by Crippen LogP contribution is -3.10. The van der Waals surface area contributed by atoms with Gasteiger partial charge in [0.15, 0.2) is 0 Å². The Hall–Kier alpha value is -0.650. The molecule has 0 fully saturated rings. The highest BCUT2D eigenvalue weighted by Crippen LogP contribution is 2.03. The van der Waals surface area contributed by atoms with Gasteiger partial charge in [-0.25, -0.2) is 0 Å². The van der Waals surface area contributed by atoms with Crippen molar-refractivity contribution in [2.75, 3.05) is 47.6 Å². The zero-order valence-corrected chi connectivity index (χ0v) is 13.7. The molecule has 0 aromatic carbocycles. The Bertz CT molecular complexity index is 192. The molecule has 0 atom stereocenters. The van der Waals surface area contributed by atoms with Crippen LogP contribution in [0.3, 0.4) is 0 Å². The summed E-state index contributed by atoms with van der Waals surface area (Å²) in [4.78, 5) is 11.4. The second-order valence-electron chi connectivity index (χ2n) is 4.98. The third-order valence-corrected chi connectivity index (χ3v) is 2.95. The number of carbonyl (C=O) groups is 1. The van der Waals surface area contributed by atoms with Crippen molar-refractivity contribution in [3.63, 3.8) is 0 Å². The number of carboxylic acids is 1. The minimum Gasteiger partial charge on any atom is -0.550 e. The highest BCUT2D eigenvalue weighted by atomic mass is 16.5. The number of methoxy groups -OCH3 is 2. The van der Waals surface area contributed by atoms with Crippen molar-refractivity contribution in [3.8, 4) is 0 Å². The molecular weight excluding hydrogens is 258 g/mol. The topological polar surface area (TPSA) is 63.0 Å². The first-order valence-corrected chi connectivity index (χ1v) is 7.57. The first-order chi connectivity index (χ1) is 9.58. The fourth-order valence-electron chi connectivity index (χ4n) is 1.55. The Morgan fingerprint density at radius 1 is 1.00 bits per heavy atom. The second-order valence-corrected chi connectivity index (χ2v) is 4.98. The summed E-state index contributed by atoms with van der Waals surface area (Å²) in [6.45, 7) is 5.91. The van der Waals surface area contributed by atoms with Crippen LogP contribution in [0, 0.1) is 0 Å². The summed E-state index contributed by atoms with van der Waals surface area (Å²) < 4.78 is 9.86. The number of nitrogens with one attached hydrogen (secondary N) is 1. The number of quaternary nitrogens is 1. The van der Waals surface area contributed by atoms with Gasteiger partial charge in [0.2, 0.25) is 0 Å². The molecule has 0 saturated heterocycles. The molecular formula is C15H33NO4. The number of hydrogen-bond acceptors (Lipinski definition) is 4. The maximum absolute atomic E-state index is 9.92. The van der Waals surface area contributed by atoms with Crippen LogP contribution in [-0.4, -0.2) is 53.5 Å². The fourth-order valence-corrected chi connectivity index (χ4v) is 1.55. The molecule has 0 saturated carbocycles. The van der Waals surface area contributed by atoms with Gasteiger partial charge in [0, 0.05) is 20.2 Å². The van der Waals surface area contributed by atoms with Gasteiger partial charge >= 0.3 is 0 Å². The smallest absolute Gasteiger partial charge is 0.101 e. The van der Waals surface area contributed by atoms with Gasteiger partial charge in [-0.3, -0.25) is 0 Å². The van der Waals surface area contributed by atoms with E-state index in [9.17, 15) is 9.90 Å². The van der Waals surface area contributed by atoms with Crippen LogP contribution in [0.5, 0.6) is 0 Å². The van der Waals surface area contributed by atoms with Gasteiger partial charge in [-0.2, -0.15) is 0 Å². The lowest BCUT2D eigenvalue weighted by Gasteiger charge is -2.11. The molecule has 122 valence electrons. The molecule has 0 aliphatic rings. The van der Waals surface area contributed by atoms with Crippen LogP contribution in [0.25, 0.3) is 0 Å². The number of rotatable bonds is 12. The first-order valence-electron chi connectivity index (χ1n) is 7.57. The predicted molar refractivity (Wildman–Crippen MR) is 78.8 cm³/mol. The number of carbonyl (C=O) groups excluding carboxylic acids is 1. The first kappa shape index (κ1) is 21.6. The normalized spacial score (nSPS) is 10.2. The lowest BCUT2D eigenvalue weighted by molar-refractivity contribution is -0.880. The zero-order chi connectivity index (χ0) is 15.6. The molecule has 5 nitrogen and oxygen atoms in total. The predicted octanol–water partition coefficient (Wildman–Crippen LogP) is -0.109. The Kier molecular flexibility index (Phi) is 19.9. The SMILES string of the molecule is CCCCCCCC(=O)[O-].COCC[NH+](C)CCOC. The third-order valence-electron chi connectivity index (χ3n) is 2.95. The molecule has 0 amide bonds. The van der Waals surface area contributed by atoms with Crippen molar-refractivity contribution >= 4 is 5.97 Å². The minimum atomic E-state index is -0.920. The van der Waals surface area contributed by atoms with E-state index in [2.05, 4.69) is 14.0 Å². The van der Waals surface area contributed by atoms with E-state index in [4.69, 9.17) is 9.47 Å². The van der Waals surface area contributed by atoms with Gasteiger partial charge < -0.3 is 24.3 Å². The third kappa shape index (κ3) is 22.5. The number of carboxylic acid groups (broad SMARTS) is 1. The van der Waals surface area contributed by atoms with Gasteiger partial charge in [0.05, 0.1) is 20.3 Å². The van der Waals surface area contributed by atoms with Gasteiger partial charge in [-0.1, -0.05) is 32.6 Å². The molecule has 0 spiro atoms. The van der Waals surface area contributed by atoms with E-state index in [0.717, 1.165) is 45.6 Å². The summed E-state index contributed by atoms with van der Waals surface area (Å²) in [6.07, 6.45) is 5.61. The zero-order valence-electron chi connectivity index (χ0n) is 13.7. The molecule has 20 heavy (non-hydrogen) atoms. The van der Waals surface area contributed by atoms with Crippen molar-refractivity contribution < 1.29 is 24.3 Å². The van der Waals surface area contributed by atoms with E-state index in [1.807, 2.05) is 0 Å². The number of likely N-dealkylation sites (N-methyl/N-ethyl adjacent to an activating group) is 1. The van der Waals surface area contributed by atoms with Crippen LogP contribution in [0.15, 0.2) is 0 Å². The molecule has 0 rings (SSSR count). The molecule has 0 aromatic heterocycles.